The molecular formula is C29H33F3N2O3. The second-order valence-electron chi connectivity index (χ2n) is 8.91. The minimum Gasteiger partial charge on any atom is -0.494 e. The number of carbonyl (C=O) groups excluding carboxylic acids is 1. The van der Waals surface area contributed by atoms with E-state index in [4.69, 9.17) is 9.47 Å². The summed E-state index contributed by atoms with van der Waals surface area (Å²) in [6, 6.07) is 13.9. The minimum atomic E-state index is -4.63. The molecule has 0 saturated heterocycles. The molecule has 1 heterocycles. The van der Waals surface area contributed by atoms with Crippen LogP contribution in [0.25, 0.3) is 22.5 Å². The van der Waals surface area contributed by atoms with Crippen LogP contribution in [-0.4, -0.2) is 28.7 Å². The number of hydrogen-bond donors (Lipinski definition) is 0. The summed E-state index contributed by atoms with van der Waals surface area (Å²) in [5.74, 6) is -1.97. The third-order valence-electron chi connectivity index (χ3n) is 5.96. The molecule has 5 nitrogen and oxygen atoms in total. The van der Waals surface area contributed by atoms with Crippen LogP contribution < -0.4 is 9.47 Å². The van der Waals surface area contributed by atoms with Crippen LogP contribution in [0, 0.1) is 5.92 Å². The first-order valence-electron chi connectivity index (χ1n) is 12.8. The lowest BCUT2D eigenvalue weighted by molar-refractivity contribution is -0.193. The average Bonchev–Trinajstić information content (AvgIpc) is 2.89. The fourth-order valence-corrected chi connectivity index (χ4v) is 3.77. The predicted molar refractivity (Wildman–Crippen MR) is 137 cm³/mol. The maximum absolute atomic E-state index is 13.2. The molecule has 0 radical (unpaired) electrons. The first-order valence-corrected chi connectivity index (χ1v) is 12.8. The Kier molecular flexibility index (Phi) is 10.5. The lowest BCUT2D eigenvalue weighted by atomic mass is 10.0. The van der Waals surface area contributed by atoms with Crippen LogP contribution in [-0.2, 0) is 4.79 Å². The van der Waals surface area contributed by atoms with E-state index in [0.717, 1.165) is 28.9 Å². The predicted octanol–water partition coefficient (Wildman–Crippen LogP) is 8.04. The molecular weight excluding hydrogens is 481 g/mol. The number of esters is 1. The van der Waals surface area contributed by atoms with Crippen molar-refractivity contribution in [1.82, 2.24) is 9.97 Å². The number of benzene rings is 2. The summed E-state index contributed by atoms with van der Waals surface area (Å²) in [6.07, 6.45) is 3.91. The number of nitrogens with zero attached hydrogens (tertiary/aromatic N) is 2. The molecule has 1 aromatic heterocycles. The van der Waals surface area contributed by atoms with Crippen LogP contribution >= 0.6 is 0 Å². The van der Waals surface area contributed by atoms with Gasteiger partial charge in [0.05, 0.1) is 6.61 Å². The van der Waals surface area contributed by atoms with Gasteiger partial charge < -0.3 is 9.47 Å². The summed E-state index contributed by atoms with van der Waals surface area (Å²) in [4.78, 5) is 21.0. The molecule has 1 unspecified atom stereocenters. The lowest BCUT2D eigenvalue weighted by Crippen LogP contribution is -2.33. The van der Waals surface area contributed by atoms with Crippen LogP contribution in [0.15, 0.2) is 60.9 Å². The zero-order valence-corrected chi connectivity index (χ0v) is 21.3. The van der Waals surface area contributed by atoms with Gasteiger partial charge in [-0.25, -0.2) is 9.97 Å². The first kappa shape index (κ1) is 28.2. The summed E-state index contributed by atoms with van der Waals surface area (Å²) < 4.78 is 50.5. The van der Waals surface area contributed by atoms with Crippen LogP contribution in [0.4, 0.5) is 13.2 Å². The average molecular weight is 515 g/mol. The Balaban J connectivity index is 1.59. The molecule has 8 heteroatoms. The molecule has 198 valence electrons. The van der Waals surface area contributed by atoms with E-state index in [1.54, 1.807) is 31.5 Å². The van der Waals surface area contributed by atoms with Gasteiger partial charge in [-0.2, -0.15) is 13.2 Å². The van der Waals surface area contributed by atoms with Gasteiger partial charge in [0.1, 0.15) is 11.5 Å². The van der Waals surface area contributed by atoms with Gasteiger partial charge in [0.2, 0.25) is 0 Å². The van der Waals surface area contributed by atoms with Crippen LogP contribution in [0.1, 0.15) is 58.8 Å². The van der Waals surface area contributed by atoms with Crippen molar-refractivity contribution in [2.24, 2.45) is 5.92 Å². The largest absolute Gasteiger partial charge is 0.494 e. The van der Waals surface area contributed by atoms with Gasteiger partial charge in [-0.05, 0) is 54.8 Å². The molecule has 0 aliphatic rings. The van der Waals surface area contributed by atoms with Crippen LogP contribution in [0.3, 0.4) is 0 Å². The quantitative estimate of drug-likeness (QED) is 0.131. The summed E-state index contributed by atoms with van der Waals surface area (Å²) in [7, 11) is 0. The van der Waals surface area contributed by atoms with Crippen molar-refractivity contribution >= 4 is 5.97 Å². The SMILES string of the molecule is CCCCCCOc1ccc(-c2ncc(-c3ccc(OC(=O)C(CCCC)C(F)(F)F)cc3)cn2)cc1. The maximum Gasteiger partial charge on any atom is 0.402 e. The Hall–Kier alpha value is -3.42. The molecule has 3 aromatic rings. The molecule has 0 aliphatic carbocycles. The van der Waals surface area contributed by atoms with Crippen molar-refractivity contribution in [2.45, 2.75) is 65.0 Å². The number of halogens is 3. The molecule has 0 aliphatic heterocycles. The highest BCUT2D eigenvalue weighted by Gasteiger charge is 2.45. The van der Waals surface area contributed by atoms with Crippen molar-refractivity contribution in [3.63, 3.8) is 0 Å². The summed E-state index contributed by atoms with van der Waals surface area (Å²) in [6.45, 7) is 4.65. The molecule has 1 atom stereocenters. The molecule has 37 heavy (non-hydrogen) atoms. The van der Waals surface area contributed by atoms with Gasteiger partial charge in [-0.15, -0.1) is 0 Å². The summed E-state index contributed by atoms with van der Waals surface area (Å²) in [5, 5.41) is 0. The van der Waals surface area contributed by atoms with Gasteiger partial charge in [0.15, 0.2) is 11.7 Å². The van der Waals surface area contributed by atoms with Crippen LogP contribution in [0.2, 0.25) is 0 Å². The van der Waals surface area contributed by atoms with Gasteiger partial charge in [0, 0.05) is 23.5 Å². The van der Waals surface area contributed by atoms with E-state index in [9.17, 15) is 18.0 Å². The topological polar surface area (TPSA) is 61.3 Å². The Morgan fingerprint density at radius 3 is 1.97 bits per heavy atom. The normalized spacial score (nSPS) is 12.2. The van der Waals surface area contributed by atoms with E-state index < -0.39 is 18.1 Å². The van der Waals surface area contributed by atoms with Gasteiger partial charge >= 0.3 is 12.1 Å². The number of unbranched alkanes of at least 4 members (excludes halogenated alkanes) is 4. The number of ether oxygens (including phenoxy) is 2. The molecule has 0 saturated carbocycles. The van der Waals surface area contributed by atoms with Crippen molar-refractivity contribution in [2.75, 3.05) is 6.61 Å². The molecule has 0 spiro atoms. The number of aromatic nitrogens is 2. The monoisotopic (exact) mass is 514 g/mol. The highest BCUT2D eigenvalue weighted by molar-refractivity contribution is 5.76. The van der Waals surface area contributed by atoms with Crippen molar-refractivity contribution in [1.29, 1.82) is 0 Å². The fourth-order valence-electron chi connectivity index (χ4n) is 3.77. The van der Waals surface area contributed by atoms with Gasteiger partial charge in [0.25, 0.3) is 0 Å². The van der Waals surface area contributed by atoms with Crippen molar-refractivity contribution in [3.05, 3.63) is 60.9 Å². The Bertz CT molecular complexity index is 1100. The second kappa shape index (κ2) is 13.8. The number of rotatable bonds is 13. The maximum atomic E-state index is 13.2. The van der Waals surface area contributed by atoms with E-state index >= 15 is 0 Å². The van der Waals surface area contributed by atoms with Crippen molar-refractivity contribution < 1.29 is 27.4 Å². The molecule has 0 N–H and O–H groups in total. The first-order chi connectivity index (χ1) is 17.8. The third kappa shape index (κ3) is 8.58. The zero-order chi connectivity index (χ0) is 26.7. The third-order valence-corrected chi connectivity index (χ3v) is 5.96. The highest BCUT2D eigenvalue weighted by atomic mass is 19.4. The van der Waals surface area contributed by atoms with E-state index in [1.807, 2.05) is 24.3 Å². The van der Waals surface area contributed by atoms with E-state index in [2.05, 4.69) is 16.9 Å². The van der Waals surface area contributed by atoms with E-state index in [0.29, 0.717) is 25.3 Å². The molecule has 0 bridgehead atoms. The smallest absolute Gasteiger partial charge is 0.402 e. The zero-order valence-electron chi connectivity index (χ0n) is 21.3. The standard InChI is InChI=1S/C29H33F3N2O3/c1-3-5-7-8-18-36-24-14-12-22(13-15-24)27-33-19-23(20-34-27)21-10-16-25(17-11-21)37-28(35)26(9-6-4-2)29(30,31)32/h10-17,19-20,26H,3-9,18H2,1-2H3. The molecule has 0 fully saturated rings. The fraction of sp³-hybridized carbons (Fsp3) is 0.414. The second-order valence-corrected chi connectivity index (χ2v) is 8.91. The summed E-state index contributed by atoms with van der Waals surface area (Å²) in [5.41, 5.74) is 2.33. The summed E-state index contributed by atoms with van der Waals surface area (Å²) >= 11 is 0. The van der Waals surface area contributed by atoms with E-state index in [1.165, 1.54) is 31.4 Å². The minimum absolute atomic E-state index is 0.0599. The van der Waals surface area contributed by atoms with Crippen LogP contribution in [0.5, 0.6) is 11.5 Å². The van der Waals surface area contributed by atoms with Gasteiger partial charge in [-0.1, -0.05) is 58.1 Å². The Morgan fingerprint density at radius 1 is 0.784 bits per heavy atom. The lowest BCUT2D eigenvalue weighted by Gasteiger charge is -2.18. The number of hydrogen-bond acceptors (Lipinski definition) is 5. The molecule has 2 aromatic carbocycles. The van der Waals surface area contributed by atoms with Gasteiger partial charge in [-0.3, -0.25) is 4.79 Å². The van der Waals surface area contributed by atoms with Crippen molar-refractivity contribution in [3.8, 4) is 34.0 Å². The highest BCUT2D eigenvalue weighted by Crippen LogP contribution is 2.32. The van der Waals surface area contributed by atoms with E-state index in [-0.39, 0.29) is 12.2 Å². The number of alkyl halides is 3. The number of carbonyl (C=O) groups is 1. The molecule has 0 amide bonds. The Labute approximate surface area is 216 Å². The molecule has 3 rings (SSSR count). The Morgan fingerprint density at radius 2 is 1.38 bits per heavy atom.